The molecule has 21 heavy (non-hydrogen) atoms. The van der Waals surface area contributed by atoms with E-state index in [4.69, 9.17) is 10.2 Å². The van der Waals surface area contributed by atoms with Gasteiger partial charge in [-0.25, -0.2) is 9.37 Å². The smallest absolute Gasteiger partial charge is 0.209 e. The number of rotatable bonds is 4. The van der Waals surface area contributed by atoms with E-state index in [2.05, 4.69) is 4.98 Å². The van der Waals surface area contributed by atoms with Crippen LogP contribution in [0.4, 0.5) is 10.1 Å². The Bertz CT molecular complexity index is 769. The molecule has 1 aromatic heterocycles. The largest absolute Gasteiger partial charge is 0.439 e. The van der Waals surface area contributed by atoms with Crippen LogP contribution >= 0.6 is 0 Å². The topological polar surface area (TPSA) is 55.3 Å². The van der Waals surface area contributed by atoms with Crippen LogP contribution in [-0.2, 0) is 13.1 Å². The SMILES string of the molecule is CN(Cc1nc2c(N)cccc2o1)Cc1ccccc1F. The van der Waals surface area contributed by atoms with Crippen LogP contribution < -0.4 is 5.73 Å². The number of para-hydroxylation sites is 1. The lowest BCUT2D eigenvalue weighted by Gasteiger charge is -2.14. The van der Waals surface area contributed by atoms with E-state index in [0.717, 1.165) is 0 Å². The molecule has 0 fully saturated rings. The average molecular weight is 285 g/mol. The second-order valence-corrected chi connectivity index (χ2v) is 5.07. The number of oxazole rings is 1. The zero-order valence-electron chi connectivity index (χ0n) is 11.7. The van der Waals surface area contributed by atoms with Crippen molar-refractivity contribution < 1.29 is 8.81 Å². The highest BCUT2D eigenvalue weighted by molar-refractivity contribution is 5.85. The molecule has 0 amide bonds. The number of hydrogen-bond donors (Lipinski definition) is 1. The highest BCUT2D eigenvalue weighted by Gasteiger charge is 2.11. The third kappa shape index (κ3) is 2.87. The molecule has 5 heteroatoms. The number of fused-ring (bicyclic) bond motifs is 1. The minimum Gasteiger partial charge on any atom is -0.439 e. The van der Waals surface area contributed by atoms with Crippen LogP contribution in [0.25, 0.3) is 11.1 Å². The molecule has 0 aliphatic rings. The maximum Gasteiger partial charge on any atom is 0.209 e. The number of anilines is 1. The highest BCUT2D eigenvalue weighted by Crippen LogP contribution is 2.22. The van der Waals surface area contributed by atoms with Crippen molar-refractivity contribution in [2.75, 3.05) is 12.8 Å². The molecule has 0 bridgehead atoms. The first-order valence-corrected chi connectivity index (χ1v) is 6.69. The van der Waals surface area contributed by atoms with Crippen LogP contribution in [0.2, 0.25) is 0 Å². The first-order valence-electron chi connectivity index (χ1n) is 6.69. The van der Waals surface area contributed by atoms with Crippen molar-refractivity contribution in [1.29, 1.82) is 0 Å². The van der Waals surface area contributed by atoms with E-state index in [-0.39, 0.29) is 5.82 Å². The molecule has 0 spiro atoms. The minimum absolute atomic E-state index is 0.203. The van der Waals surface area contributed by atoms with Gasteiger partial charge in [-0.2, -0.15) is 0 Å². The summed E-state index contributed by atoms with van der Waals surface area (Å²) in [6, 6.07) is 12.2. The fourth-order valence-electron chi connectivity index (χ4n) is 2.29. The highest BCUT2D eigenvalue weighted by atomic mass is 19.1. The number of aromatic nitrogens is 1. The van der Waals surface area contributed by atoms with Crippen LogP contribution in [0.5, 0.6) is 0 Å². The maximum absolute atomic E-state index is 13.6. The molecule has 0 radical (unpaired) electrons. The number of nitrogen functional groups attached to an aromatic ring is 1. The van der Waals surface area contributed by atoms with E-state index in [1.807, 2.05) is 30.1 Å². The van der Waals surface area contributed by atoms with Gasteiger partial charge in [-0.05, 0) is 25.2 Å². The Labute approximate surface area is 122 Å². The normalized spacial score (nSPS) is 11.4. The summed E-state index contributed by atoms with van der Waals surface area (Å²) in [5.74, 6) is 0.368. The Morgan fingerprint density at radius 2 is 1.95 bits per heavy atom. The van der Waals surface area contributed by atoms with Crippen molar-refractivity contribution in [3.8, 4) is 0 Å². The molecule has 3 rings (SSSR count). The van der Waals surface area contributed by atoms with Gasteiger partial charge >= 0.3 is 0 Å². The number of nitrogens with zero attached hydrogens (tertiary/aromatic N) is 2. The Kier molecular flexibility index (Phi) is 3.58. The first-order chi connectivity index (χ1) is 10.1. The van der Waals surface area contributed by atoms with Gasteiger partial charge in [-0.3, -0.25) is 4.90 Å². The van der Waals surface area contributed by atoms with Gasteiger partial charge in [0.15, 0.2) is 5.58 Å². The van der Waals surface area contributed by atoms with Crippen molar-refractivity contribution in [3.05, 3.63) is 59.7 Å². The molecule has 0 aliphatic carbocycles. The molecule has 1 heterocycles. The zero-order chi connectivity index (χ0) is 14.8. The maximum atomic E-state index is 13.6. The second kappa shape index (κ2) is 5.54. The van der Waals surface area contributed by atoms with E-state index in [0.29, 0.717) is 41.3 Å². The molecule has 0 saturated heterocycles. The summed E-state index contributed by atoms with van der Waals surface area (Å²) in [7, 11) is 1.89. The van der Waals surface area contributed by atoms with E-state index < -0.39 is 0 Å². The van der Waals surface area contributed by atoms with Crippen molar-refractivity contribution in [1.82, 2.24) is 9.88 Å². The Morgan fingerprint density at radius 1 is 1.14 bits per heavy atom. The molecule has 0 atom stereocenters. The first kappa shape index (κ1) is 13.6. The van der Waals surface area contributed by atoms with E-state index in [1.54, 1.807) is 18.2 Å². The van der Waals surface area contributed by atoms with Crippen molar-refractivity contribution >= 4 is 16.8 Å². The summed E-state index contributed by atoms with van der Waals surface area (Å²) < 4.78 is 19.3. The summed E-state index contributed by atoms with van der Waals surface area (Å²) in [4.78, 5) is 6.33. The second-order valence-electron chi connectivity index (χ2n) is 5.07. The average Bonchev–Trinajstić information content (AvgIpc) is 2.85. The summed E-state index contributed by atoms with van der Waals surface area (Å²) >= 11 is 0. The predicted molar refractivity (Wildman–Crippen MR) is 80.0 cm³/mol. The molecule has 2 aromatic carbocycles. The Morgan fingerprint density at radius 3 is 2.71 bits per heavy atom. The molecular weight excluding hydrogens is 269 g/mol. The van der Waals surface area contributed by atoms with Gasteiger partial charge in [0.05, 0.1) is 12.2 Å². The van der Waals surface area contributed by atoms with E-state index in [9.17, 15) is 4.39 Å². The summed E-state index contributed by atoms with van der Waals surface area (Å²) in [6.45, 7) is 0.976. The van der Waals surface area contributed by atoms with Crippen LogP contribution in [0.15, 0.2) is 46.9 Å². The number of halogens is 1. The Balaban J connectivity index is 1.76. The van der Waals surface area contributed by atoms with Crippen molar-refractivity contribution in [3.63, 3.8) is 0 Å². The number of nitrogens with two attached hydrogens (primary N) is 1. The standard InChI is InChI=1S/C16H16FN3O/c1-20(9-11-5-2-3-6-12(11)17)10-15-19-16-13(18)7-4-8-14(16)21-15/h2-8H,9-10,18H2,1H3. The van der Waals surface area contributed by atoms with Gasteiger partial charge < -0.3 is 10.2 Å². The summed E-state index contributed by atoms with van der Waals surface area (Å²) in [5.41, 5.74) is 8.45. The van der Waals surface area contributed by atoms with Gasteiger partial charge in [0, 0.05) is 12.1 Å². The molecule has 2 N–H and O–H groups in total. The minimum atomic E-state index is -0.203. The molecule has 0 aliphatic heterocycles. The van der Waals surface area contributed by atoms with Gasteiger partial charge in [0.1, 0.15) is 11.3 Å². The third-order valence-electron chi connectivity index (χ3n) is 3.30. The lowest BCUT2D eigenvalue weighted by molar-refractivity contribution is 0.281. The molecule has 0 saturated carbocycles. The molecule has 108 valence electrons. The monoisotopic (exact) mass is 285 g/mol. The van der Waals surface area contributed by atoms with Crippen molar-refractivity contribution in [2.45, 2.75) is 13.1 Å². The number of hydrogen-bond acceptors (Lipinski definition) is 4. The third-order valence-corrected chi connectivity index (χ3v) is 3.30. The lowest BCUT2D eigenvalue weighted by Crippen LogP contribution is -2.18. The van der Waals surface area contributed by atoms with Gasteiger partial charge in [-0.1, -0.05) is 24.3 Å². The summed E-state index contributed by atoms with van der Waals surface area (Å²) in [6.07, 6.45) is 0. The molecule has 3 aromatic rings. The van der Waals surface area contributed by atoms with E-state index in [1.165, 1.54) is 6.07 Å². The van der Waals surface area contributed by atoms with Crippen LogP contribution in [-0.4, -0.2) is 16.9 Å². The van der Waals surface area contributed by atoms with E-state index >= 15 is 0 Å². The van der Waals surface area contributed by atoms with Gasteiger partial charge in [0.25, 0.3) is 0 Å². The fraction of sp³-hybridized carbons (Fsp3) is 0.188. The fourth-order valence-corrected chi connectivity index (χ4v) is 2.29. The lowest BCUT2D eigenvalue weighted by atomic mass is 10.2. The molecular formula is C16H16FN3O. The molecule has 0 unspecified atom stereocenters. The number of benzene rings is 2. The van der Waals surface area contributed by atoms with Gasteiger partial charge in [-0.15, -0.1) is 0 Å². The predicted octanol–water partition coefficient (Wildman–Crippen LogP) is 3.18. The molecule has 4 nitrogen and oxygen atoms in total. The Hall–Kier alpha value is -2.40. The summed E-state index contributed by atoms with van der Waals surface area (Å²) in [5, 5.41) is 0. The quantitative estimate of drug-likeness (QED) is 0.748. The van der Waals surface area contributed by atoms with Crippen LogP contribution in [0.3, 0.4) is 0 Å². The zero-order valence-corrected chi connectivity index (χ0v) is 11.7. The van der Waals surface area contributed by atoms with Crippen molar-refractivity contribution in [2.24, 2.45) is 0 Å². The van der Waals surface area contributed by atoms with Crippen LogP contribution in [0, 0.1) is 5.82 Å². The van der Waals surface area contributed by atoms with Crippen LogP contribution in [0.1, 0.15) is 11.5 Å². The van der Waals surface area contributed by atoms with Gasteiger partial charge in [0.2, 0.25) is 5.89 Å².